The summed E-state index contributed by atoms with van der Waals surface area (Å²) in [4.78, 5) is 4.24. The third-order valence-electron chi connectivity index (χ3n) is 4.29. The molecular formula is C17H26ClFIN3OS. The molecule has 1 fully saturated rings. The minimum Gasteiger partial charge on any atom is -0.354 e. The molecule has 1 saturated carbocycles. The molecule has 1 aliphatic carbocycles. The first-order valence-corrected chi connectivity index (χ1v) is 10.1. The van der Waals surface area contributed by atoms with Gasteiger partial charge in [0.15, 0.2) is 5.96 Å². The van der Waals surface area contributed by atoms with Crippen molar-refractivity contribution < 1.29 is 8.60 Å². The van der Waals surface area contributed by atoms with Crippen molar-refractivity contribution in [1.29, 1.82) is 0 Å². The van der Waals surface area contributed by atoms with Crippen LogP contribution in [-0.2, 0) is 17.3 Å². The molecule has 2 N–H and O–H groups in total. The SMILES string of the molecule is CCS(=O)C1CCCC(NC(=NC)NCc2ccc(F)c(Cl)c2)C1.I. The van der Waals surface area contributed by atoms with Crippen LogP contribution in [0.4, 0.5) is 4.39 Å². The van der Waals surface area contributed by atoms with Crippen LogP contribution in [0, 0.1) is 5.82 Å². The van der Waals surface area contributed by atoms with Crippen LogP contribution in [0.5, 0.6) is 0 Å². The van der Waals surface area contributed by atoms with Gasteiger partial charge in [0.05, 0.1) is 5.02 Å². The number of hydrogen-bond acceptors (Lipinski definition) is 2. The lowest BCUT2D eigenvalue weighted by Gasteiger charge is -2.30. The van der Waals surface area contributed by atoms with Gasteiger partial charge in [-0.15, -0.1) is 24.0 Å². The van der Waals surface area contributed by atoms with Crippen molar-refractivity contribution in [3.05, 3.63) is 34.6 Å². The van der Waals surface area contributed by atoms with E-state index in [9.17, 15) is 8.60 Å². The molecule has 0 amide bonds. The molecule has 0 aliphatic heterocycles. The Morgan fingerprint density at radius 2 is 2.20 bits per heavy atom. The van der Waals surface area contributed by atoms with E-state index in [2.05, 4.69) is 15.6 Å². The van der Waals surface area contributed by atoms with E-state index < -0.39 is 16.6 Å². The maximum Gasteiger partial charge on any atom is 0.191 e. The van der Waals surface area contributed by atoms with Crippen LogP contribution in [-0.4, -0.2) is 34.3 Å². The molecule has 8 heteroatoms. The van der Waals surface area contributed by atoms with E-state index >= 15 is 0 Å². The van der Waals surface area contributed by atoms with E-state index in [1.165, 1.54) is 6.07 Å². The van der Waals surface area contributed by atoms with Crippen molar-refractivity contribution in [3.8, 4) is 0 Å². The molecule has 1 aromatic carbocycles. The monoisotopic (exact) mass is 501 g/mol. The molecule has 0 spiro atoms. The summed E-state index contributed by atoms with van der Waals surface area (Å²) >= 11 is 5.80. The number of rotatable bonds is 5. The highest BCUT2D eigenvalue weighted by Crippen LogP contribution is 2.23. The van der Waals surface area contributed by atoms with E-state index in [1.54, 1.807) is 19.2 Å². The van der Waals surface area contributed by atoms with E-state index in [0.29, 0.717) is 12.5 Å². The fourth-order valence-electron chi connectivity index (χ4n) is 2.97. The van der Waals surface area contributed by atoms with E-state index in [1.807, 2.05) is 6.92 Å². The van der Waals surface area contributed by atoms with Crippen molar-refractivity contribution in [3.63, 3.8) is 0 Å². The van der Waals surface area contributed by atoms with Gasteiger partial charge in [-0.2, -0.15) is 0 Å². The van der Waals surface area contributed by atoms with Crippen LogP contribution < -0.4 is 10.6 Å². The molecule has 142 valence electrons. The predicted molar refractivity (Wildman–Crippen MR) is 115 cm³/mol. The second kappa shape index (κ2) is 11.3. The van der Waals surface area contributed by atoms with Gasteiger partial charge in [0, 0.05) is 41.4 Å². The molecule has 0 radical (unpaired) electrons. The minimum atomic E-state index is -0.740. The Kier molecular flexibility index (Phi) is 10.3. The molecule has 4 nitrogen and oxygen atoms in total. The first kappa shape index (κ1) is 22.6. The van der Waals surface area contributed by atoms with Crippen LogP contribution in [0.15, 0.2) is 23.2 Å². The smallest absolute Gasteiger partial charge is 0.191 e. The average Bonchev–Trinajstić information content (AvgIpc) is 2.61. The number of guanidine groups is 1. The fraction of sp³-hybridized carbons (Fsp3) is 0.588. The van der Waals surface area contributed by atoms with Gasteiger partial charge in [0.25, 0.3) is 0 Å². The summed E-state index contributed by atoms with van der Waals surface area (Å²) in [6, 6.07) is 4.95. The summed E-state index contributed by atoms with van der Waals surface area (Å²) in [5.74, 6) is 0.999. The highest BCUT2D eigenvalue weighted by molar-refractivity contribution is 14.0. The fourth-order valence-corrected chi connectivity index (χ4v) is 4.52. The largest absolute Gasteiger partial charge is 0.354 e. The Balaban J connectivity index is 0.00000312. The van der Waals surface area contributed by atoms with Crippen LogP contribution in [0.1, 0.15) is 38.2 Å². The number of benzene rings is 1. The lowest BCUT2D eigenvalue weighted by atomic mass is 9.95. The molecule has 2 rings (SSSR count). The minimum absolute atomic E-state index is 0. The van der Waals surface area contributed by atoms with Crippen LogP contribution in [0.2, 0.25) is 5.02 Å². The first-order valence-electron chi connectivity index (χ1n) is 8.31. The number of nitrogens with one attached hydrogen (secondary N) is 2. The van der Waals surface area contributed by atoms with Gasteiger partial charge in [-0.05, 0) is 37.0 Å². The lowest BCUT2D eigenvalue weighted by molar-refractivity contribution is 0.413. The Morgan fingerprint density at radius 3 is 2.84 bits per heavy atom. The zero-order valence-corrected chi connectivity index (χ0v) is 18.5. The van der Waals surface area contributed by atoms with Crippen molar-refractivity contribution in [2.24, 2.45) is 4.99 Å². The number of halogens is 3. The maximum atomic E-state index is 13.2. The number of aliphatic imine (C=N–C) groups is 1. The summed E-state index contributed by atoms with van der Waals surface area (Å²) < 4.78 is 25.2. The van der Waals surface area contributed by atoms with E-state index in [4.69, 9.17) is 11.6 Å². The maximum absolute atomic E-state index is 13.2. The van der Waals surface area contributed by atoms with Gasteiger partial charge < -0.3 is 10.6 Å². The molecule has 3 atom stereocenters. The highest BCUT2D eigenvalue weighted by Gasteiger charge is 2.25. The Bertz CT molecular complexity index is 618. The molecule has 1 aliphatic rings. The van der Waals surface area contributed by atoms with E-state index in [0.717, 1.165) is 37.0 Å². The van der Waals surface area contributed by atoms with Crippen LogP contribution >= 0.6 is 35.6 Å². The summed E-state index contributed by atoms with van der Waals surface area (Å²) in [7, 11) is 0.980. The summed E-state index contributed by atoms with van der Waals surface area (Å²) in [5.41, 5.74) is 0.887. The van der Waals surface area contributed by atoms with Gasteiger partial charge in [0.1, 0.15) is 5.82 Å². The predicted octanol–water partition coefficient (Wildman–Crippen LogP) is 3.84. The zero-order valence-electron chi connectivity index (χ0n) is 14.6. The van der Waals surface area contributed by atoms with Gasteiger partial charge >= 0.3 is 0 Å². The number of hydrogen-bond donors (Lipinski definition) is 2. The Hall–Kier alpha value is -0.410. The summed E-state index contributed by atoms with van der Waals surface area (Å²) in [6.07, 6.45) is 4.08. The van der Waals surface area contributed by atoms with Gasteiger partial charge in [-0.1, -0.05) is 31.0 Å². The third kappa shape index (κ3) is 7.02. The first-order chi connectivity index (χ1) is 11.5. The van der Waals surface area contributed by atoms with Crippen LogP contribution in [0.3, 0.4) is 0 Å². The number of nitrogens with zero attached hydrogens (tertiary/aromatic N) is 1. The topological polar surface area (TPSA) is 53.5 Å². The van der Waals surface area contributed by atoms with Crippen LogP contribution in [0.25, 0.3) is 0 Å². The molecule has 0 saturated heterocycles. The summed E-state index contributed by atoms with van der Waals surface area (Å²) in [6.45, 7) is 2.48. The molecule has 3 unspecified atom stereocenters. The highest BCUT2D eigenvalue weighted by atomic mass is 127. The van der Waals surface area contributed by atoms with Gasteiger partial charge in [0.2, 0.25) is 0 Å². The van der Waals surface area contributed by atoms with Crippen molar-refractivity contribution in [1.82, 2.24) is 10.6 Å². The third-order valence-corrected chi connectivity index (χ3v) is 6.32. The van der Waals surface area contributed by atoms with E-state index in [-0.39, 0.29) is 40.3 Å². The normalized spacial score (nSPS) is 22.0. The van der Waals surface area contributed by atoms with Crippen molar-refractivity contribution >= 4 is 52.3 Å². The summed E-state index contributed by atoms with van der Waals surface area (Å²) in [5, 5.41) is 7.02. The lowest BCUT2D eigenvalue weighted by Crippen LogP contribution is -2.46. The van der Waals surface area contributed by atoms with Crippen molar-refractivity contribution in [2.75, 3.05) is 12.8 Å². The molecule has 0 bridgehead atoms. The Labute approximate surface area is 173 Å². The molecule has 25 heavy (non-hydrogen) atoms. The standard InChI is InChI=1S/C17H25ClFN3OS.HI/c1-3-24(23)14-6-4-5-13(10-14)22-17(20-2)21-11-12-7-8-16(19)15(18)9-12;/h7-9,13-14H,3-6,10-11H2,1-2H3,(H2,20,21,22);1H. The van der Waals surface area contributed by atoms with Gasteiger partial charge in [-0.3, -0.25) is 9.20 Å². The second-order valence-electron chi connectivity index (χ2n) is 5.97. The van der Waals surface area contributed by atoms with Crippen molar-refractivity contribution in [2.45, 2.75) is 50.4 Å². The van der Waals surface area contributed by atoms with Gasteiger partial charge in [-0.25, -0.2) is 4.39 Å². The average molecular weight is 502 g/mol. The molecule has 0 aromatic heterocycles. The Morgan fingerprint density at radius 1 is 1.44 bits per heavy atom. The zero-order chi connectivity index (χ0) is 17.5. The molecular weight excluding hydrogens is 476 g/mol. The second-order valence-corrected chi connectivity index (χ2v) is 8.39. The molecule has 1 aromatic rings. The quantitative estimate of drug-likeness (QED) is 0.366. The molecule has 0 heterocycles.